The number of rotatable bonds is 4. The van der Waals surface area contributed by atoms with Crippen LogP contribution in [0.25, 0.3) is 0 Å². The highest BCUT2D eigenvalue weighted by molar-refractivity contribution is 8.02. The van der Waals surface area contributed by atoms with Crippen molar-refractivity contribution in [2.45, 2.75) is 18.1 Å². The largest absolute Gasteiger partial charge is 0.320 e. The van der Waals surface area contributed by atoms with E-state index >= 15 is 0 Å². The van der Waals surface area contributed by atoms with Gasteiger partial charge in [0.2, 0.25) is 5.91 Å². The number of benzene rings is 2. The van der Waals surface area contributed by atoms with E-state index in [2.05, 4.69) is 11.4 Å². The van der Waals surface area contributed by atoms with Crippen LogP contribution in [0.4, 0.5) is 4.39 Å². The molecule has 126 valence electrons. The average molecular weight is 373 g/mol. The second-order valence-electron chi connectivity index (χ2n) is 5.59. The van der Waals surface area contributed by atoms with Crippen LogP contribution in [-0.4, -0.2) is 5.91 Å². The first-order valence-electron chi connectivity index (χ1n) is 7.64. The molecule has 0 aromatic heterocycles. The first-order chi connectivity index (χ1) is 12.1. The van der Waals surface area contributed by atoms with Crippen LogP contribution in [0.3, 0.4) is 0 Å². The molecule has 1 N–H and O–H groups in total. The quantitative estimate of drug-likeness (QED) is 0.842. The van der Waals surface area contributed by atoms with E-state index in [1.54, 1.807) is 18.2 Å². The molecule has 0 aliphatic carbocycles. The van der Waals surface area contributed by atoms with Crippen molar-refractivity contribution in [2.75, 3.05) is 0 Å². The van der Waals surface area contributed by atoms with E-state index in [1.807, 2.05) is 18.2 Å². The van der Waals surface area contributed by atoms with Gasteiger partial charge in [0.25, 0.3) is 0 Å². The van der Waals surface area contributed by atoms with Crippen molar-refractivity contribution >= 4 is 29.3 Å². The van der Waals surface area contributed by atoms with Crippen LogP contribution < -0.4 is 5.32 Å². The SMILES string of the molecule is N#CC1=C(SCc2ccccc2Cl)NC(=O)C[C@@H]1c1ccc(F)cc1. The second-order valence-corrected chi connectivity index (χ2v) is 6.98. The fraction of sp³-hybridized carbons (Fsp3) is 0.158. The second kappa shape index (κ2) is 7.73. The Morgan fingerprint density at radius 1 is 1.24 bits per heavy atom. The molecule has 0 bridgehead atoms. The van der Waals surface area contributed by atoms with Gasteiger partial charge in [-0.3, -0.25) is 4.79 Å². The monoisotopic (exact) mass is 372 g/mol. The van der Waals surface area contributed by atoms with Gasteiger partial charge in [-0.1, -0.05) is 41.9 Å². The number of thioether (sulfide) groups is 1. The first-order valence-corrected chi connectivity index (χ1v) is 9.00. The fourth-order valence-corrected chi connectivity index (χ4v) is 4.04. The summed E-state index contributed by atoms with van der Waals surface area (Å²) < 4.78 is 13.2. The van der Waals surface area contributed by atoms with E-state index in [9.17, 15) is 14.4 Å². The summed E-state index contributed by atoms with van der Waals surface area (Å²) in [6.45, 7) is 0. The van der Waals surface area contributed by atoms with Gasteiger partial charge in [0, 0.05) is 23.1 Å². The third kappa shape index (κ3) is 4.04. The minimum atomic E-state index is -0.368. The molecule has 1 aliphatic rings. The number of allylic oxidation sites excluding steroid dienone is 1. The Balaban J connectivity index is 1.89. The molecule has 0 saturated heterocycles. The molecule has 3 rings (SSSR count). The third-order valence-corrected chi connectivity index (χ3v) is 5.39. The Morgan fingerprint density at radius 2 is 1.96 bits per heavy atom. The summed E-state index contributed by atoms with van der Waals surface area (Å²) in [7, 11) is 0. The lowest BCUT2D eigenvalue weighted by molar-refractivity contribution is -0.120. The number of hydrogen-bond acceptors (Lipinski definition) is 3. The van der Waals surface area contributed by atoms with Crippen LogP contribution in [0.1, 0.15) is 23.5 Å². The van der Waals surface area contributed by atoms with Crippen LogP contribution in [0, 0.1) is 17.1 Å². The lowest BCUT2D eigenvalue weighted by atomic mass is 9.87. The number of hydrogen-bond donors (Lipinski definition) is 1. The van der Waals surface area contributed by atoms with Gasteiger partial charge in [-0.15, -0.1) is 11.8 Å². The minimum Gasteiger partial charge on any atom is -0.320 e. The molecule has 25 heavy (non-hydrogen) atoms. The standard InChI is InChI=1S/C19H14ClFN2OS/c20-17-4-2-1-3-13(17)11-25-19-16(10-22)15(9-18(24)23-19)12-5-7-14(21)8-6-12/h1-8,15H,9,11H2,(H,23,24)/t15-/m1/s1. The van der Waals surface area contributed by atoms with Crippen LogP contribution in [0.15, 0.2) is 59.1 Å². The average Bonchev–Trinajstić information content (AvgIpc) is 2.61. The number of halogens is 2. The van der Waals surface area contributed by atoms with Gasteiger partial charge in [0.15, 0.2) is 0 Å². The van der Waals surface area contributed by atoms with Crippen LogP contribution in [0.2, 0.25) is 5.02 Å². The summed E-state index contributed by atoms with van der Waals surface area (Å²) in [5.41, 5.74) is 2.17. The van der Waals surface area contributed by atoms with Gasteiger partial charge < -0.3 is 5.32 Å². The van der Waals surface area contributed by atoms with Gasteiger partial charge in [0.1, 0.15) is 5.82 Å². The number of carbonyl (C=O) groups is 1. The summed E-state index contributed by atoms with van der Waals surface area (Å²) in [6, 6.07) is 15.6. The Labute approximate surface area is 154 Å². The van der Waals surface area contributed by atoms with E-state index in [0.29, 0.717) is 21.4 Å². The molecule has 1 amide bonds. The van der Waals surface area contributed by atoms with Gasteiger partial charge >= 0.3 is 0 Å². The summed E-state index contributed by atoms with van der Waals surface area (Å²) >= 11 is 7.53. The zero-order chi connectivity index (χ0) is 17.8. The highest BCUT2D eigenvalue weighted by Gasteiger charge is 2.29. The van der Waals surface area contributed by atoms with Crippen molar-refractivity contribution < 1.29 is 9.18 Å². The molecule has 0 radical (unpaired) electrons. The van der Waals surface area contributed by atoms with Crippen molar-refractivity contribution in [1.29, 1.82) is 5.26 Å². The van der Waals surface area contributed by atoms with Crippen molar-refractivity contribution in [3.8, 4) is 6.07 Å². The molecule has 6 heteroatoms. The van der Waals surface area contributed by atoms with Crippen LogP contribution in [0.5, 0.6) is 0 Å². The van der Waals surface area contributed by atoms with E-state index in [4.69, 9.17) is 11.6 Å². The maximum absolute atomic E-state index is 13.2. The molecular weight excluding hydrogens is 359 g/mol. The molecule has 2 aromatic rings. The molecule has 0 saturated carbocycles. The molecule has 0 unspecified atom stereocenters. The summed E-state index contributed by atoms with van der Waals surface area (Å²) in [4.78, 5) is 12.1. The Morgan fingerprint density at radius 3 is 2.64 bits per heavy atom. The minimum absolute atomic E-state index is 0.157. The van der Waals surface area contributed by atoms with Crippen LogP contribution in [-0.2, 0) is 10.5 Å². The highest BCUT2D eigenvalue weighted by atomic mass is 35.5. The van der Waals surface area contributed by atoms with Gasteiger partial charge in [0.05, 0.1) is 16.7 Å². The molecule has 2 aromatic carbocycles. The molecule has 1 aliphatic heterocycles. The number of nitrogens with zero attached hydrogens (tertiary/aromatic N) is 1. The molecule has 3 nitrogen and oxygen atoms in total. The van der Waals surface area contributed by atoms with Crippen molar-refractivity contribution in [2.24, 2.45) is 0 Å². The Kier molecular flexibility index (Phi) is 5.42. The lowest BCUT2D eigenvalue weighted by Gasteiger charge is -2.25. The first kappa shape index (κ1) is 17.5. The lowest BCUT2D eigenvalue weighted by Crippen LogP contribution is -2.30. The van der Waals surface area contributed by atoms with E-state index in [1.165, 1.54) is 23.9 Å². The number of amides is 1. The number of nitriles is 1. The predicted octanol–water partition coefficient (Wildman–Crippen LogP) is 4.75. The van der Waals surface area contributed by atoms with Crippen LogP contribution >= 0.6 is 23.4 Å². The van der Waals surface area contributed by atoms with Gasteiger partial charge in [-0.25, -0.2) is 4.39 Å². The van der Waals surface area contributed by atoms with Crippen molar-refractivity contribution in [1.82, 2.24) is 5.32 Å². The zero-order valence-electron chi connectivity index (χ0n) is 13.1. The van der Waals surface area contributed by atoms with Gasteiger partial charge in [-0.2, -0.15) is 5.26 Å². The summed E-state index contributed by atoms with van der Waals surface area (Å²) in [5.74, 6) is -0.334. The van der Waals surface area contributed by atoms with E-state index in [-0.39, 0.29) is 24.1 Å². The zero-order valence-corrected chi connectivity index (χ0v) is 14.7. The highest BCUT2D eigenvalue weighted by Crippen LogP contribution is 2.37. The topological polar surface area (TPSA) is 52.9 Å². The predicted molar refractivity (Wildman–Crippen MR) is 97.3 cm³/mol. The molecular formula is C19H14ClFN2OS. The van der Waals surface area contributed by atoms with Crippen molar-refractivity contribution in [3.05, 3.63) is 81.1 Å². The normalized spacial score (nSPS) is 17.2. The number of carbonyl (C=O) groups excluding carboxylic acids is 1. The molecule has 1 heterocycles. The molecule has 0 spiro atoms. The third-order valence-electron chi connectivity index (χ3n) is 3.96. The van der Waals surface area contributed by atoms with E-state index < -0.39 is 0 Å². The Hall–Kier alpha value is -2.29. The number of nitrogens with one attached hydrogen (secondary N) is 1. The van der Waals surface area contributed by atoms with E-state index in [0.717, 1.165) is 11.1 Å². The maximum Gasteiger partial charge on any atom is 0.225 e. The smallest absolute Gasteiger partial charge is 0.225 e. The van der Waals surface area contributed by atoms with Gasteiger partial charge in [-0.05, 0) is 29.3 Å². The summed E-state index contributed by atoms with van der Waals surface area (Å²) in [5, 5.41) is 13.6. The fourth-order valence-electron chi connectivity index (χ4n) is 2.68. The maximum atomic E-state index is 13.2. The Bertz CT molecular complexity index is 874. The molecule has 1 atom stereocenters. The summed E-state index contributed by atoms with van der Waals surface area (Å²) in [6.07, 6.45) is 0.171. The van der Waals surface area contributed by atoms with Crippen molar-refractivity contribution in [3.63, 3.8) is 0 Å². The molecule has 0 fully saturated rings.